The summed E-state index contributed by atoms with van der Waals surface area (Å²) in [6, 6.07) is 8.69. The van der Waals surface area contributed by atoms with Crippen LogP contribution in [0.3, 0.4) is 0 Å². The Bertz CT molecular complexity index is 1100. The van der Waals surface area contributed by atoms with Gasteiger partial charge < -0.3 is 20.1 Å². The Balaban J connectivity index is 1.82. The molecule has 0 saturated carbocycles. The van der Waals surface area contributed by atoms with Crippen molar-refractivity contribution in [3.63, 3.8) is 0 Å². The number of anilines is 1. The molecule has 3 rings (SSSR count). The molecule has 0 unspecified atom stereocenters. The number of aromatic nitrogens is 2. The van der Waals surface area contributed by atoms with Crippen LogP contribution in [0.1, 0.15) is 32.3 Å². The number of ether oxygens (including phenoxy) is 1. The summed E-state index contributed by atoms with van der Waals surface area (Å²) in [6.07, 6.45) is 7.98. The molecule has 1 heterocycles. The van der Waals surface area contributed by atoms with Gasteiger partial charge in [0.1, 0.15) is 12.4 Å². The van der Waals surface area contributed by atoms with Crippen LogP contribution in [-0.2, 0) is 0 Å². The number of nitrogens with one attached hydrogen (secondary N) is 2. The number of benzene rings is 1. The van der Waals surface area contributed by atoms with Crippen molar-refractivity contribution in [2.45, 2.75) is 45.8 Å². The van der Waals surface area contributed by atoms with Gasteiger partial charge >= 0.3 is 6.03 Å². The predicted octanol–water partition coefficient (Wildman–Crippen LogP) is 4.46. The van der Waals surface area contributed by atoms with Crippen LogP contribution < -0.4 is 15.4 Å². The number of carbonyl (C=O) groups is 1. The molecule has 194 valence electrons. The first kappa shape index (κ1) is 27.2. The second kappa shape index (κ2) is 12.1. The van der Waals surface area contributed by atoms with E-state index in [1.807, 2.05) is 94.4 Å². The minimum absolute atomic E-state index is 0.307. The maximum absolute atomic E-state index is 13.2. The van der Waals surface area contributed by atoms with Gasteiger partial charge in [0.25, 0.3) is 0 Å². The van der Waals surface area contributed by atoms with E-state index in [0.717, 1.165) is 23.4 Å². The monoisotopic (exact) mass is 493 g/mol. The van der Waals surface area contributed by atoms with Crippen LogP contribution in [0.25, 0.3) is 5.69 Å². The maximum Gasteiger partial charge on any atom is 0.320 e. The van der Waals surface area contributed by atoms with Gasteiger partial charge in [-0.15, -0.1) is 5.10 Å². The van der Waals surface area contributed by atoms with E-state index < -0.39 is 18.2 Å². The number of hydrogen-bond acceptors (Lipinski definition) is 5. The van der Waals surface area contributed by atoms with Gasteiger partial charge in [0.05, 0.1) is 23.4 Å². The van der Waals surface area contributed by atoms with E-state index in [9.17, 15) is 9.90 Å². The van der Waals surface area contributed by atoms with Crippen molar-refractivity contribution < 1.29 is 14.6 Å². The van der Waals surface area contributed by atoms with Crippen molar-refractivity contribution in [2.75, 3.05) is 32.6 Å². The first-order valence-corrected chi connectivity index (χ1v) is 12.3. The average molecular weight is 494 g/mol. The summed E-state index contributed by atoms with van der Waals surface area (Å²) in [5, 5.41) is 21.6. The molecule has 0 radical (unpaired) electrons. The third kappa shape index (κ3) is 7.08. The standard InChI is InChI=1S/C28H39N5O3/c1-20-13-9-7-12-16-23(24(34)19-28(20,3)4)29-27(35)30-25-21(2)26(36-18-17-32(5)6)31-33(25)22-14-10-8-11-15-22/h7-15,23-24,34H,1,16-19H2,2-6H3,(H2,29,30,35)/b12-7-,13-9-/t23-,24-/m1/s1. The van der Waals surface area contributed by atoms with Gasteiger partial charge in [-0.2, -0.15) is 0 Å². The van der Waals surface area contributed by atoms with Crippen molar-refractivity contribution >= 4 is 11.8 Å². The third-order valence-electron chi connectivity index (χ3n) is 6.39. The Hall–Kier alpha value is -3.36. The van der Waals surface area contributed by atoms with Crippen LogP contribution in [0.5, 0.6) is 5.88 Å². The van der Waals surface area contributed by atoms with Gasteiger partial charge in [0.15, 0.2) is 0 Å². The van der Waals surface area contributed by atoms with Crippen molar-refractivity contribution in [3.05, 3.63) is 72.4 Å². The molecule has 1 aliphatic carbocycles. The molecule has 8 nitrogen and oxygen atoms in total. The summed E-state index contributed by atoms with van der Waals surface area (Å²) >= 11 is 0. The number of aliphatic hydroxyl groups excluding tert-OH is 1. The van der Waals surface area contributed by atoms with E-state index in [0.29, 0.717) is 31.1 Å². The van der Waals surface area contributed by atoms with Crippen molar-refractivity contribution in [1.29, 1.82) is 0 Å². The smallest absolute Gasteiger partial charge is 0.320 e. The quantitative estimate of drug-likeness (QED) is 0.530. The SMILES string of the molecule is C=C1/C=C\C=C/C[C@@H](NC(=O)Nc2c(C)c(OCCN(C)C)nn2-c2ccccc2)[C@H](O)CC1(C)C. The highest BCUT2D eigenvalue weighted by Crippen LogP contribution is 2.33. The molecule has 36 heavy (non-hydrogen) atoms. The summed E-state index contributed by atoms with van der Waals surface area (Å²) in [5.41, 5.74) is 2.15. The van der Waals surface area contributed by atoms with E-state index in [-0.39, 0.29) is 5.41 Å². The molecule has 0 aliphatic heterocycles. The molecule has 0 spiro atoms. The normalized spacial score (nSPS) is 21.6. The highest BCUT2D eigenvalue weighted by molar-refractivity contribution is 5.90. The number of allylic oxidation sites excluding steroid dienone is 4. The zero-order valence-electron chi connectivity index (χ0n) is 22.0. The van der Waals surface area contributed by atoms with Crippen molar-refractivity contribution in [3.8, 4) is 11.6 Å². The molecule has 8 heteroatoms. The molecule has 0 bridgehead atoms. The van der Waals surface area contributed by atoms with Gasteiger partial charge in [-0.05, 0) is 57.0 Å². The van der Waals surface area contributed by atoms with Gasteiger partial charge in [-0.25, -0.2) is 9.48 Å². The summed E-state index contributed by atoms with van der Waals surface area (Å²) < 4.78 is 7.59. The number of urea groups is 1. The Morgan fingerprint density at radius 1 is 1.28 bits per heavy atom. The first-order valence-electron chi connectivity index (χ1n) is 12.3. The van der Waals surface area contributed by atoms with E-state index in [1.54, 1.807) is 4.68 Å². The predicted molar refractivity (Wildman–Crippen MR) is 145 cm³/mol. The fourth-order valence-corrected chi connectivity index (χ4v) is 3.96. The average Bonchev–Trinajstić information content (AvgIpc) is 3.12. The number of para-hydroxylation sites is 1. The molecular weight excluding hydrogens is 454 g/mol. The van der Waals surface area contributed by atoms with Gasteiger partial charge in [0, 0.05) is 6.54 Å². The fraction of sp³-hybridized carbons (Fsp3) is 0.429. The van der Waals surface area contributed by atoms with Crippen LogP contribution >= 0.6 is 0 Å². The van der Waals surface area contributed by atoms with Crippen LogP contribution in [0.2, 0.25) is 0 Å². The molecule has 0 saturated heterocycles. The molecule has 1 aliphatic rings. The van der Waals surface area contributed by atoms with Crippen molar-refractivity contribution in [2.24, 2.45) is 5.41 Å². The summed E-state index contributed by atoms with van der Waals surface area (Å²) in [6.45, 7) is 11.3. The minimum atomic E-state index is -0.747. The van der Waals surface area contributed by atoms with Crippen LogP contribution in [-0.4, -0.2) is 65.2 Å². The van der Waals surface area contributed by atoms with Gasteiger partial charge in [0.2, 0.25) is 5.88 Å². The van der Waals surface area contributed by atoms with E-state index in [4.69, 9.17) is 4.74 Å². The number of nitrogens with zero attached hydrogens (tertiary/aromatic N) is 3. The number of rotatable bonds is 7. The van der Waals surface area contributed by atoms with Gasteiger partial charge in [-0.3, -0.25) is 5.32 Å². The summed E-state index contributed by atoms with van der Waals surface area (Å²) in [4.78, 5) is 15.2. The topological polar surface area (TPSA) is 91.7 Å². The number of amides is 2. The second-order valence-electron chi connectivity index (χ2n) is 10.1. The molecule has 3 N–H and O–H groups in total. The molecular formula is C28H39N5O3. The molecule has 1 aromatic carbocycles. The Kier molecular flexibility index (Phi) is 9.12. The fourth-order valence-electron chi connectivity index (χ4n) is 3.96. The zero-order valence-corrected chi connectivity index (χ0v) is 22.0. The maximum atomic E-state index is 13.2. The Labute approximate surface area is 214 Å². The lowest BCUT2D eigenvalue weighted by Gasteiger charge is -2.32. The molecule has 2 aromatic rings. The van der Waals surface area contributed by atoms with Crippen LogP contribution in [0, 0.1) is 12.3 Å². The Morgan fingerprint density at radius 2 is 2.00 bits per heavy atom. The van der Waals surface area contributed by atoms with E-state index in [1.165, 1.54) is 0 Å². The lowest BCUT2D eigenvalue weighted by molar-refractivity contribution is 0.0929. The van der Waals surface area contributed by atoms with Crippen LogP contribution in [0.15, 0.2) is 66.8 Å². The molecule has 2 amide bonds. The highest BCUT2D eigenvalue weighted by Gasteiger charge is 2.30. The number of hydrogen-bond donors (Lipinski definition) is 3. The lowest BCUT2D eigenvalue weighted by atomic mass is 9.78. The molecule has 2 atom stereocenters. The van der Waals surface area contributed by atoms with E-state index in [2.05, 4.69) is 22.3 Å². The summed E-state index contributed by atoms with van der Waals surface area (Å²) in [5.74, 6) is 0.977. The largest absolute Gasteiger partial charge is 0.475 e. The zero-order chi connectivity index (χ0) is 26.3. The number of likely N-dealkylation sites (N-methyl/N-ethyl adjacent to an activating group) is 1. The first-order chi connectivity index (χ1) is 17.1. The number of carbonyl (C=O) groups excluding carboxylic acids is 1. The molecule has 1 aromatic heterocycles. The third-order valence-corrected chi connectivity index (χ3v) is 6.39. The second-order valence-corrected chi connectivity index (χ2v) is 10.1. The highest BCUT2D eigenvalue weighted by atomic mass is 16.5. The number of aliphatic hydroxyl groups is 1. The Morgan fingerprint density at radius 3 is 2.69 bits per heavy atom. The van der Waals surface area contributed by atoms with E-state index >= 15 is 0 Å². The van der Waals surface area contributed by atoms with Crippen molar-refractivity contribution in [1.82, 2.24) is 20.0 Å². The lowest BCUT2D eigenvalue weighted by Crippen LogP contribution is -2.46. The summed E-state index contributed by atoms with van der Waals surface area (Å²) in [7, 11) is 3.96. The molecule has 0 fully saturated rings. The van der Waals surface area contributed by atoms with Crippen LogP contribution in [0.4, 0.5) is 10.6 Å². The van der Waals surface area contributed by atoms with Gasteiger partial charge in [-0.1, -0.05) is 62.9 Å². The minimum Gasteiger partial charge on any atom is -0.475 e.